The van der Waals surface area contributed by atoms with Gasteiger partial charge < -0.3 is 14.7 Å². The van der Waals surface area contributed by atoms with Crippen LogP contribution in [0.4, 0.5) is 0 Å². The highest BCUT2D eigenvalue weighted by Gasteiger charge is 2.28. The Morgan fingerprint density at radius 3 is 2.85 bits per heavy atom. The molecule has 0 spiro atoms. The number of ether oxygens (including phenoxy) is 1. The number of aryl methyl sites for hydroxylation is 1. The van der Waals surface area contributed by atoms with Gasteiger partial charge in [0.25, 0.3) is 0 Å². The maximum Gasteiger partial charge on any atom is 0.348 e. The van der Waals surface area contributed by atoms with Crippen LogP contribution in [0.2, 0.25) is 0 Å². The summed E-state index contributed by atoms with van der Waals surface area (Å²) in [6, 6.07) is 13.8. The number of hydrogen-bond donors (Lipinski definition) is 1. The number of methoxy groups -OCH3 is 1. The first-order valence-corrected chi connectivity index (χ1v) is 12.2. The number of hydrogen-bond acceptors (Lipinski definition) is 5. The van der Waals surface area contributed by atoms with E-state index in [0.29, 0.717) is 17.8 Å². The molecule has 1 amide bonds. The molecule has 6 heteroatoms. The fourth-order valence-corrected chi connectivity index (χ4v) is 4.66. The van der Waals surface area contributed by atoms with Crippen molar-refractivity contribution in [1.82, 2.24) is 4.90 Å². The van der Waals surface area contributed by atoms with Crippen molar-refractivity contribution in [1.29, 1.82) is 0 Å². The Labute approximate surface area is 200 Å². The van der Waals surface area contributed by atoms with Gasteiger partial charge in [-0.1, -0.05) is 61.2 Å². The first-order valence-electron chi connectivity index (χ1n) is 11.3. The van der Waals surface area contributed by atoms with Crippen molar-refractivity contribution in [3.63, 3.8) is 0 Å². The molecule has 1 unspecified atom stereocenters. The zero-order valence-electron chi connectivity index (χ0n) is 19.2. The van der Waals surface area contributed by atoms with Gasteiger partial charge in [0.2, 0.25) is 5.91 Å². The molecule has 0 bridgehead atoms. The molecule has 174 valence electrons. The number of carbonyl (C=O) groups is 2. The Bertz CT molecular complexity index is 1020. The average molecular weight is 466 g/mol. The van der Waals surface area contributed by atoms with E-state index in [2.05, 4.69) is 43.0 Å². The van der Waals surface area contributed by atoms with Crippen molar-refractivity contribution in [2.75, 3.05) is 13.7 Å². The summed E-state index contributed by atoms with van der Waals surface area (Å²) in [5.74, 6) is 5.92. The smallest absolute Gasteiger partial charge is 0.348 e. The predicted molar refractivity (Wildman–Crippen MR) is 131 cm³/mol. The Kier molecular flexibility index (Phi) is 9.29. The third kappa shape index (κ3) is 7.31. The number of likely N-dealkylation sites (tertiary alicyclic amines) is 1. The van der Waals surface area contributed by atoms with Crippen LogP contribution in [0.5, 0.6) is 0 Å². The molecule has 1 saturated heterocycles. The van der Waals surface area contributed by atoms with Gasteiger partial charge in [-0.05, 0) is 49.3 Å². The van der Waals surface area contributed by atoms with Crippen LogP contribution in [0.15, 0.2) is 54.6 Å². The van der Waals surface area contributed by atoms with Crippen LogP contribution in [-0.4, -0.2) is 47.7 Å². The fraction of sp³-hybridized carbons (Fsp3) is 0.407. The first-order chi connectivity index (χ1) is 16.0. The normalized spacial score (nSPS) is 17.6. The Morgan fingerprint density at radius 2 is 2.09 bits per heavy atom. The highest BCUT2D eigenvalue weighted by atomic mass is 32.1. The maximum atomic E-state index is 12.3. The van der Waals surface area contributed by atoms with E-state index >= 15 is 0 Å². The molecule has 0 aliphatic carbocycles. The number of nitrogens with zero attached hydrogens (tertiary/aromatic N) is 1. The third-order valence-corrected chi connectivity index (χ3v) is 6.89. The maximum absolute atomic E-state index is 12.3. The van der Waals surface area contributed by atoms with Crippen LogP contribution in [0, 0.1) is 17.8 Å². The lowest BCUT2D eigenvalue weighted by molar-refractivity contribution is -0.127. The van der Waals surface area contributed by atoms with Gasteiger partial charge in [-0.2, -0.15) is 0 Å². The van der Waals surface area contributed by atoms with Crippen molar-refractivity contribution < 1.29 is 19.4 Å². The first kappa shape index (κ1) is 24.8. The summed E-state index contributed by atoms with van der Waals surface area (Å²) < 4.78 is 4.71. The standard InChI is InChI=1S/C27H31NO4S/c1-20(8-6-11-21-9-4-3-5-10-21)24(29)16-13-22-14-18-26(30)28(22)19-7-12-23-15-17-25(33-23)27(31)32-2/h3-5,9-10,13,15-17,20,22,24,29H,6,8,11,14,18-19H2,1-2H3/t20?,22-,24-/m0/s1. The lowest BCUT2D eigenvalue weighted by Gasteiger charge is -2.21. The second-order valence-electron chi connectivity index (χ2n) is 8.32. The van der Waals surface area contributed by atoms with Crippen molar-refractivity contribution >= 4 is 23.2 Å². The monoisotopic (exact) mass is 465 g/mol. The van der Waals surface area contributed by atoms with E-state index < -0.39 is 6.10 Å². The lowest BCUT2D eigenvalue weighted by atomic mass is 9.95. The summed E-state index contributed by atoms with van der Waals surface area (Å²) in [4.78, 5) is 26.9. The van der Waals surface area contributed by atoms with Gasteiger partial charge in [0, 0.05) is 6.42 Å². The minimum Gasteiger partial charge on any atom is -0.465 e. The summed E-state index contributed by atoms with van der Waals surface area (Å²) in [5.41, 5.74) is 1.32. The van der Waals surface area contributed by atoms with E-state index in [0.717, 1.165) is 30.6 Å². The van der Waals surface area contributed by atoms with E-state index in [4.69, 9.17) is 4.74 Å². The number of thiophene rings is 1. The van der Waals surface area contributed by atoms with Crippen LogP contribution in [0.3, 0.4) is 0 Å². The van der Waals surface area contributed by atoms with Crippen LogP contribution < -0.4 is 0 Å². The van der Waals surface area contributed by atoms with E-state index in [-0.39, 0.29) is 23.8 Å². The molecule has 1 N–H and O–H groups in total. The number of amides is 1. The third-order valence-electron chi connectivity index (χ3n) is 5.91. The SMILES string of the molecule is COC(=O)c1ccc(C#CCN2C(=O)CC[C@@H]2C=C[C@H](O)C(C)CCCc2ccccc2)s1. The second-order valence-corrected chi connectivity index (χ2v) is 9.40. The zero-order chi connectivity index (χ0) is 23.6. The van der Waals surface area contributed by atoms with Crippen LogP contribution >= 0.6 is 11.3 Å². The molecule has 33 heavy (non-hydrogen) atoms. The summed E-state index contributed by atoms with van der Waals surface area (Å²) >= 11 is 1.27. The summed E-state index contributed by atoms with van der Waals surface area (Å²) in [6.07, 6.45) is 7.45. The van der Waals surface area contributed by atoms with Crippen molar-refractivity contribution in [2.24, 2.45) is 5.92 Å². The van der Waals surface area contributed by atoms with Crippen molar-refractivity contribution in [3.8, 4) is 11.8 Å². The van der Waals surface area contributed by atoms with Gasteiger partial charge in [0.15, 0.2) is 0 Å². The molecule has 1 aromatic heterocycles. The molecule has 1 aromatic carbocycles. The topological polar surface area (TPSA) is 66.8 Å². The number of carbonyl (C=O) groups excluding carboxylic acids is 2. The van der Waals surface area contributed by atoms with Crippen LogP contribution in [-0.2, 0) is 16.0 Å². The van der Waals surface area contributed by atoms with Gasteiger partial charge in [0.05, 0.1) is 30.7 Å². The highest BCUT2D eigenvalue weighted by molar-refractivity contribution is 7.14. The minimum absolute atomic E-state index is 0.0491. The summed E-state index contributed by atoms with van der Waals surface area (Å²) in [6.45, 7) is 2.38. The van der Waals surface area contributed by atoms with E-state index in [9.17, 15) is 14.7 Å². The molecule has 5 nitrogen and oxygen atoms in total. The van der Waals surface area contributed by atoms with E-state index in [1.165, 1.54) is 24.0 Å². The largest absolute Gasteiger partial charge is 0.465 e. The molecular formula is C27H31NO4S. The number of aliphatic hydroxyl groups is 1. The molecule has 2 heterocycles. The number of benzene rings is 1. The number of esters is 1. The van der Waals surface area contributed by atoms with E-state index in [1.807, 2.05) is 18.2 Å². The van der Waals surface area contributed by atoms with Gasteiger partial charge in [-0.3, -0.25) is 4.79 Å². The molecule has 2 aromatic rings. The fourth-order valence-electron chi connectivity index (χ4n) is 3.86. The Balaban J connectivity index is 1.49. The molecule has 3 rings (SSSR count). The molecular weight excluding hydrogens is 434 g/mol. The molecule has 1 aliphatic heterocycles. The Morgan fingerprint density at radius 1 is 1.30 bits per heavy atom. The van der Waals surface area contributed by atoms with Crippen LogP contribution in [0.25, 0.3) is 0 Å². The van der Waals surface area contributed by atoms with E-state index in [1.54, 1.807) is 17.0 Å². The zero-order valence-corrected chi connectivity index (χ0v) is 20.0. The number of rotatable bonds is 9. The Hall–Kier alpha value is -2.88. The molecule has 3 atom stereocenters. The average Bonchev–Trinajstić information content (AvgIpc) is 3.44. The second kappa shape index (κ2) is 12.4. The molecule has 0 radical (unpaired) electrons. The summed E-state index contributed by atoms with van der Waals surface area (Å²) in [5, 5.41) is 10.6. The lowest BCUT2D eigenvalue weighted by Crippen LogP contribution is -2.32. The van der Waals surface area contributed by atoms with Crippen LogP contribution in [0.1, 0.15) is 52.7 Å². The highest BCUT2D eigenvalue weighted by Crippen LogP contribution is 2.21. The predicted octanol–water partition coefficient (Wildman–Crippen LogP) is 4.45. The molecule has 0 saturated carbocycles. The van der Waals surface area contributed by atoms with Gasteiger partial charge in [-0.25, -0.2) is 4.79 Å². The van der Waals surface area contributed by atoms with Gasteiger partial charge in [0.1, 0.15) is 4.88 Å². The summed E-state index contributed by atoms with van der Waals surface area (Å²) in [7, 11) is 1.35. The van der Waals surface area contributed by atoms with Gasteiger partial charge in [-0.15, -0.1) is 11.3 Å². The van der Waals surface area contributed by atoms with Crippen molar-refractivity contribution in [3.05, 3.63) is 69.9 Å². The van der Waals surface area contributed by atoms with Crippen molar-refractivity contribution in [2.45, 2.75) is 51.2 Å². The quantitative estimate of drug-likeness (QED) is 0.337. The van der Waals surface area contributed by atoms with Gasteiger partial charge >= 0.3 is 5.97 Å². The molecule has 1 aliphatic rings. The molecule has 1 fully saturated rings. The minimum atomic E-state index is -0.535. The number of aliphatic hydroxyl groups excluding tert-OH is 1.